The molecule has 3 heterocycles. The van der Waals surface area contributed by atoms with Crippen molar-refractivity contribution < 1.29 is 0 Å². The van der Waals surface area contributed by atoms with Crippen LogP contribution in [0.2, 0.25) is 0 Å². The van der Waals surface area contributed by atoms with E-state index in [2.05, 4.69) is 30.7 Å². The van der Waals surface area contributed by atoms with Crippen LogP contribution in [0.3, 0.4) is 0 Å². The summed E-state index contributed by atoms with van der Waals surface area (Å²) in [5, 5.41) is 17.0. The van der Waals surface area contributed by atoms with E-state index < -0.39 is 0 Å². The fourth-order valence-corrected chi connectivity index (χ4v) is 1.52. The Labute approximate surface area is 101 Å². The summed E-state index contributed by atoms with van der Waals surface area (Å²) in [4.78, 5) is 15.3. The molecule has 0 saturated heterocycles. The average molecular weight is 243 g/mol. The second kappa shape index (κ2) is 4.24. The average Bonchev–Trinajstić information content (AvgIpc) is 2.79. The summed E-state index contributed by atoms with van der Waals surface area (Å²) < 4.78 is 1.33. The highest BCUT2D eigenvalue weighted by Crippen LogP contribution is 2.05. The largest absolute Gasteiger partial charge is 0.364 e. The second-order valence-corrected chi connectivity index (χ2v) is 3.60. The van der Waals surface area contributed by atoms with Crippen molar-refractivity contribution in [2.24, 2.45) is 0 Å². The molecule has 0 aliphatic carbocycles. The standard InChI is InChI=1S/C10H9N7O/c18-10-16-15-9-4-8(12-6-17(9)10)11-5-7-2-1-3-13-14-7/h1-4,6,11H,5H2,(H,16,18). The Hall–Kier alpha value is -2.77. The molecule has 3 rings (SSSR count). The molecule has 0 aromatic carbocycles. The molecular weight excluding hydrogens is 234 g/mol. The normalized spacial score (nSPS) is 10.7. The Balaban J connectivity index is 1.81. The molecule has 0 fully saturated rings. The van der Waals surface area contributed by atoms with Crippen LogP contribution in [-0.2, 0) is 6.54 Å². The third-order valence-electron chi connectivity index (χ3n) is 2.39. The number of aromatic nitrogens is 6. The molecule has 8 heteroatoms. The van der Waals surface area contributed by atoms with E-state index in [0.717, 1.165) is 5.69 Å². The van der Waals surface area contributed by atoms with Crippen LogP contribution in [0.25, 0.3) is 5.65 Å². The number of H-pyrrole nitrogens is 1. The first-order valence-corrected chi connectivity index (χ1v) is 5.26. The minimum atomic E-state index is -0.307. The van der Waals surface area contributed by atoms with E-state index in [0.29, 0.717) is 18.0 Å². The Morgan fingerprint density at radius 1 is 1.44 bits per heavy atom. The second-order valence-electron chi connectivity index (χ2n) is 3.60. The smallest absolute Gasteiger partial charge is 0.348 e. The summed E-state index contributed by atoms with van der Waals surface area (Å²) in [6.07, 6.45) is 3.03. The van der Waals surface area contributed by atoms with Crippen LogP contribution in [0.5, 0.6) is 0 Å². The third kappa shape index (κ3) is 1.90. The highest BCUT2D eigenvalue weighted by atomic mass is 16.1. The lowest BCUT2D eigenvalue weighted by Gasteiger charge is -2.03. The maximum absolute atomic E-state index is 11.2. The molecule has 0 aliphatic rings. The van der Waals surface area contributed by atoms with Crippen molar-refractivity contribution >= 4 is 11.5 Å². The van der Waals surface area contributed by atoms with Crippen LogP contribution >= 0.6 is 0 Å². The van der Waals surface area contributed by atoms with Crippen molar-refractivity contribution in [1.82, 2.24) is 29.8 Å². The van der Waals surface area contributed by atoms with E-state index >= 15 is 0 Å². The van der Waals surface area contributed by atoms with Gasteiger partial charge < -0.3 is 5.32 Å². The lowest BCUT2D eigenvalue weighted by Crippen LogP contribution is -2.10. The van der Waals surface area contributed by atoms with Crippen molar-refractivity contribution in [2.45, 2.75) is 6.54 Å². The molecule has 8 nitrogen and oxygen atoms in total. The molecule has 0 saturated carbocycles. The van der Waals surface area contributed by atoms with Gasteiger partial charge >= 0.3 is 5.69 Å². The maximum atomic E-state index is 11.2. The molecule has 0 atom stereocenters. The summed E-state index contributed by atoms with van der Waals surface area (Å²) in [5.74, 6) is 0.618. The highest BCUT2D eigenvalue weighted by molar-refractivity contribution is 5.48. The summed E-state index contributed by atoms with van der Waals surface area (Å²) in [5.41, 5.74) is 1.01. The van der Waals surface area contributed by atoms with Gasteiger partial charge in [0.05, 0.1) is 12.2 Å². The SMILES string of the molecule is O=c1[nH]nc2cc(NCc3cccnn3)ncn12. The Bertz CT molecular complexity index is 718. The summed E-state index contributed by atoms with van der Waals surface area (Å²) in [7, 11) is 0. The van der Waals surface area contributed by atoms with Crippen LogP contribution in [0.4, 0.5) is 5.82 Å². The van der Waals surface area contributed by atoms with Gasteiger partial charge in [-0.3, -0.25) is 0 Å². The van der Waals surface area contributed by atoms with Gasteiger partial charge in [0.2, 0.25) is 0 Å². The molecule has 0 bridgehead atoms. The maximum Gasteiger partial charge on any atom is 0.348 e. The quantitative estimate of drug-likeness (QED) is 0.661. The molecule has 0 radical (unpaired) electrons. The summed E-state index contributed by atoms with van der Waals surface area (Å²) in [6.45, 7) is 0.506. The number of fused-ring (bicyclic) bond motifs is 1. The zero-order valence-electron chi connectivity index (χ0n) is 9.24. The minimum absolute atomic E-state index is 0.307. The number of rotatable bonds is 3. The van der Waals surface area contributed by atoms with Crippen molar-refractivity contribution in [3.8, 4) is 0 Å². The molecule has 0 amide bonds. The van der Waals surface area contributed by atoms with E-state index in [1.54, 1.807) is 12.3 Å². The number of hydrogen-bond acceptors (Lipinski definition) is 6. The molecule has 2 N–H and O–H groups in total. The van der Waals surface area contributed by atoms with Crippen LogP contribution < -0.4 is 11.0 Å². The van der Waals surface area contributed by atoms with Gasteiger partial charge in [-0.15, -0.1) is 0 Å². The Kier molecular flexibility index (Phi) is 2.45. The fourth-order valence-electron chi connectivity index (χ4n) is 1.52. The number of anilines is 1. The van der Waals surface area contributed by atoms with E-state index in [1.165, 1.54) is 10.7 Å². The predicted octanol–water partition coefficient (Wildman–Crippen LogP) is -0.180. The first-order valence-electron chi connectivity index (χ1n) is 5.26. The number of nitrogens with one attached hydrogen (secondary N) is 2. The lowest BCUT2D eigenvalue weighted by atomic mass is 10.4. The van der Waals surface area contributed by atoms with Gasteiger partial charge in [-0.1, -0.05) is 0 Å². The summed E-state index contributed by atoms with van der Waals surface area (Å²) >= 11 is 0. The van der Waals surface area contributed by atoms with E-state index in [1.807, 2.05) is 12.1 Å². The zero-order chi connectivity index (χ0) is 12.4. The molecule has 0 aliphatic heterocycles. The van der Waals surface area contributed by atoms with Gasteiger partial charge in [-0.25, -0.2) is 19.3 Å². The van der Waals surface area contributed by atoms with Crippen molar-refractivity contribution in [3.63, 3.8) is 0 Å². The molecule has 18 heavy (non-hydrogen) atoms. The van der Waals surface area contributed by atoms with Crippen LogP contribution in [0.15, 0.2) is 35.5 Å². The van der Waals surface area contributed by atoms with Crippen LogP contribution in [-0.4, -0.2) is 29.8 Å². The minimum Gasteiger partial charge on any atom is -0.364 e. The molecule has 0 unspecified atom stereocenters. The fraction of sp³-hybridized carbons (Fsp3) is 0.100. The van der Waals surface area contributed by atoms with E-state index in [9.17, 15) is 4.79 Å². The molecule has 90 valence electrons. The van der Waals surface area contributed by atoms with Gasteiger partial charge in [-0.05, 0) is 12.1 Å². The molecular formula is C10H9N7O. The third-order valence-corrected chi connectivity index (χ3v) is 2.39. The van der Waals surface area contributed by atoms with Gasteiger partial charge in [0.1, 0.15) is 12.1 Å². The van der Waals surface area contributed by atoms with Crippen molar-refractivity contribution in [2.75, 3.05) is 5.32 Å². The number of hydrogen-bond donors (Lipinski definition) is 2. The zero-order valence-corrected chi connectivity index (χ0v) is 9.24. The monoisotopic (exact) mass is 243 g/mol. The molecule has 3 aromatic rings. The van der Waals surface area contributed by atoms with E-state index in [-0.39, 0.29) is 5.69 Å². The Morgan fingerprint density at radius 2 is 2.39 bits per heavy atom. The van der Waals surface area contributed by atoms with Gasteiger partial charge in [0.15, 0.2) is 5.65 Å². The molecule has 0 spiro atoms. The first-order chi connectivity index (χ1) is 8.83. The lowest BCUT2D eigenvalue weighted by molar-refractivity contribution is 0.917. The van der Waals surface area contributed by atoms with Gasteiger partial charge in [0, 0.05) is 12.3 Å². The van der Waals surface area contributed by atoms with Crippen molar-refractivity contribution in [1.29, 1.82) is 0 Å². The highest BCUT2D eigenvalue weighted by Gasteiger charge is 2.02. The van der Waals surface area contributed by atoms with Gasteiger partial charge in [0.25, 0.3) is 0 Å². The first kappa shape index (κ1) is 10.4. The topological polar surface area (TPSA) is 101 Å². The number of aromatic amines is 1. The van der Waals surface area contributed by atoms with Crippen LogP contribution in [0, 0.1) is 0 Å². The molecule has 3 aromatic heterocycles. The van der Waals surface area contributed by atoms with Gasteiger partial charge in [-0.2, -0.15) is 15.3 Å². The van der Waals surface area contributed by atoms with Crippen molar-refractivity contribution in [3.05, 3.63) is 46.9 Å². The number of nitrogens with zero attached hydrogens (tertiary/aromatic N) is 5. The van der Waals surface area contributed by atoms with Crippen LogP contribution in [0.1, 0.15) is 5.69 Å². The summed E-state index contributed by atoms with van der Waals surface area (Å²) in [6, 6.07) is 5.35. The predicted molar refractivity (Wildman–Crippen MR) is 63.0 cm³/mol. The Morgan fingerprint density at radius 3 is 3.22 bits per heavy atom. The van der Waals surface area contributed by atoms with E-state index in [4.69, 9.17) is 0 Å².